The van der Waals surface area contributed by atoms with Crippen LogP contribution in [0.2, 0.25) is 0 Å². The topological polar surface area (TPSA) is 12.5 Å². The van der Waals surface area contributed by atoms with Crippen LogP contribution < -0.4 is 0 Å². The molecular formula is C13H19NOS. The van der Waals surface area contributed by atoms with Crippen molar-refractivity contribution in [1.29, 1.82) is 0 Å². The van der Waals surface area contributed by atoms with E-state index in [0.29, 0.717) is 12.1 Å². The molecule has 3 atom stereocenters. The summed E-state index contributed by atoms with van der Waals surface area (Å²) in [5, 5.41) is 4.44. The van der Waals surface area contributed by atoms with Crippen LogP contribution in [0.3, 0.4) is 0 Å². The molecule has 1 saturated heterocycles. The van der Waals surface area contributed by atoms with E-state index in [0.717, 1.165) is 19.1 Å². The van der Waals surface area contributed by atoms with Crippen molar-refractivity contribution in [3.63, 3.8) is 0 Å². The first-order chi connectivity index (χ1) is 7.88. The van der Waals surface area contributed by atoms with E-state index < -0.39 is 0 Å². The van der Waals surface area contributed by atoms with Gasteiger partial charge in [0.25, 0.3) is 0 Å². The molecule has 0 amide bonds. The van der Waals surface area contributed by atoms with Gasteiger partial charge >= 0.3 is 0 Å². The van der Waals surface area contributed by atoms with Gasteiger partial charge in [-0.15, -0.1) is 0 Å². The molecule has 2 bridgehead atoms. The molecule has 0 aromatic carbocycles. The van der Waals surface area contributed by atoms with Crippen molar-refractivity contribution in [3.05, 3.63) is 22.4 Å². The summed E-state index contributed by atoms with van der Waals surface area (Å²) in [5.74, 6) is 0.795. The highest BCUT2D eigenvalue weighted by Gasteiger charge is 2.47. The van der Waals surface area contributed by atoms with Gasteiger partial charge in [0.1, 0.15) is 0 Å². The van der Waals surface area contributed by atoms with Crippen LogP contribution in [0.15, 0.2) is 16.8 Å². The quantitative estimate of drug-likeness (QED) is 0.798. The Morgan fingerprint density at radius 2 is 2.44 bits per heavy atom. The van der Waals surface area contributed by atoms with E-state index in [2.05, 4.69) is 28.7 Å². The minimum atomic E-state index is 0.517. The highest BCUT2D eigenvalue weighted by atomic mass is 32.1. The molecule has 2 aliphatic rings. The van der Waals surface area contributed by atoms with Gasteiger partial charge in [-0.1, -0.05) is 0 Å². The third kappa shape index (κ3) is 1.81. The molecule has 0 N–H and O–H groups in total. The monoisotopic (exact) mass is 237 g/mol. The number of nitrogens with zero attached hydrogens (tertiary/aromatic N) is 1. The van der Waals surface area contributed by atoms with E-state index in [1.807, 2.05) is 0 Å². The Morgan fingerprint density at radius 3 is 3.19 bits per heavy atom. The Hall–Kier alpha value is -0.380. The van der Waals surface area contributed by atoms with Gasteiger partial charge in [0, 0.05) is 25.7 Å². The molecule has 0 radical (unpaired) electrons. The minimum Gasteiger partial charge on any atom is -0.377 e. The molecule has 0 spiro atoms. The molecule has 2 nitrogen and oxygen atoms in total. The highest BCUT2D eigenvalue weighted by molar-refractivity contribution is 7.07. The molecular weight excluding hydrogens is 218 g/mol. The predicted octanol–water partition coefficient (Wildman–Crippen LogP) is 2.75. The van der Waals surface area contributed by atoms with Crippen molar-refractivity contribution in [2.45, 2.75) is 38.5 Å². The summed E-state index contributed by atoms with van der Waals surface area (Å²) in [6, 6.07) is 2.93. The lowest BCUT2D eigenvalue weighted by molar-refractivity contribution is 0.0350. The van der Waals surface area contributed by atoms with Gasteiger partial charge in [0.2, 0.25) is 0 Å². The summed E-state index contributed by atoms with van der Waals surface area (Å²) in [7, 11) is 0. The van der Waals surface area contributed by atoms with Crippen LogP contribution in [0.4, 0.5) is 0 Å². The van der Waals surface area contributed by atoms with Gasteiger partial charge in [0.15, 0.2) is 0 Å². The summed E-state index contributed by atoms with van der Waals surface area (Å²) in [5.41, 5.74) is 1.47. The maximum Gasteiger partial charge on any atom is 0.0770 e. The average Bonchev–Trinajstić information content (AvgIpc) is 2.97. The first-order valence-electron chi connectivity index (χ1n) is 6.25. The van der Waals surface area contributed by atoms with E-state index in [1.54, 1.807) is 11.3 Å². The average molecular weight is 237 g/mol. The molecule has 3 rings (SSSR count). The van der Waals surface area contributed by atoms with Crippen LogP contribution >= 0.6 is 11.3 Å². The smallest absolute Gasteiger partial charge is 0.0770 e. The van der Waals surface area contributed by atoms with Gasteiger partial charge in [-0.3, -0.25) is 4.90 Å². The molecule has 0 unspecified atom stereocenters. The van der Waals surface area contributed by atoms with Crippen LogP contribution in [0, 0.1) is 5.92 Å². The third-order valence-electron chi connectivity index (χ3n) is 3.94. The largest absolute Gasteiger partial charge is 0.377 e. The Morgan fingerprint density at radius 1 is 1.50 bits per heavy atom. The highest BCUT2D eigenvalue weighted by Crippen LogP contribution is 2.40. The fraction of sp³-hybridized carbons (Fsp3) is 0.692. The van der Waals surface area contributed by atoms with Crippen molar-refractivity contribution >= 4 is 11.3 Å². The summed E-state index contributed by atoms with van der Waals surface area (Å²) in [6.07, 6.45) is 3.22. The zero-order valence-corrected chi connectivity index (χ0v) is 10.6. The Bertz CT molecular complexity index is 338. The molecule has 1 saturated carbocycles. The zero-order valence-electron chi connectivity index (χ0n) is 9.76. The van der Waals surface area contributed by atoms with Gasteiger partial charge in [-0.2, -0.15) is 11.3 Å². The van der Waals surface area contributed by atoms with Crippen LogP contribution in [0.25, 0.3) is 0 Å². The molecule has 1 aliphatic heterocycles. The van der Waals surface area contributed by atoms with Crippen LogP contribution in [0.1, 0.15) is 25.3 Å². The molecule has 3 heteroatoms. The van der Waals surface area contributed by atoms with Gasteiger partial charge in [-0.05, 0) is 48.1 Å². The van der Waals surface area contributed by atoms with Crippen LogP contribution in [-0.4, -0.2) is 30.2 Å². The van der Waals surface area contributed by atoms with Crippen LogP contribution in [-0.2, 0) is 11.3 Å². The van der Waals surface area contributed by atoms with Gasteiger partial charge in [-0.25, -0.2) is 0 Å². The van der Waals surface area contributed by atoms with E-state index in [1.165, 1.54) is 24.9 Å². The lowest BCUT2D eigenvalue weighted by Gasteiger charge is -2.26. The number of likely N-dealkylation sites (tertiary alicyclic amines) is 1. The van der Waals surface area contributed by atoms with E-state index in [9.17, 15) is 0 Å². The number of hydrogen-bond donors (Lipinski definition) is 0. The van der Waals surface area contributed by atoms with Crippen molar-refractivity contribution < 1.29 is 4.74 Å². The molecule has 1 aromatic heterocycles. The van der Waals surface area contributed by atoms with Crippen molar-refractivity contribution in [2.24, 2.45) is 5.92 Å². The number of piperidine rings is 1. The van der Waals surface area contributed by atoms with Crippen molar-refractivity contribution in [3.8, 4) is 0 Å². The van der Waals surface area contributed by atoms with E-state index >= 15 is 0 Å². The van der Waals surface area contributed by atoms with Gasteiger partial charge in [0.05, 0.1) is 6.10 Å². The zero-order chi connectivity index (χ0) is 11.0. The van der Waals surface area contributed by atoms with Crippen LogP contribution in [0.5, 0.6) is 0 Å². The van der Waals surface area contributed by atoms with Gasteiger partial charge < -0.3 is 4.74 Å². The van der Waals surface area contributed by atoms with Crippen molar-refractivity contribution in [2.75, 3.05) is 13.2 Å². The standard InChI is InChI=1S/C13H19NOS/c1-2-15-13-11-3-4-12(13)14(8-11)7-10-5-6-16-9-10/h5-6,9,11-13H,2-4,7-8H2,1H3/t11-,12+,13-/m0/s1. The van der Waals surface area contributed by atoms with E-state index in [-0.39, 0.29) is 0 Å². The number of ether oxygens (including phenoxy) is 1. The Labute approximate surface area is 101 Å². The summed E-state index contributed by atoms with van der Waals surface area (Å²) < 4.78 is 5.90. The first kappa shape index (κ1) is 10.8. The van der Waals surface area contributed by atoms with E-state index in [4.69, 9.17) is 4.74 Å². The molecule has 2 fully saturated rings. The second kappa shape index (κ2) is 4.47. The third-order valence-corrected chi connectivity index (χ3v) is 4.67. The number of hydrogen-bond acceptors (Lipinski definition) is 3. The van der Waals surface area contributed by atoms with Crippen molar-refractivity contribution in [1.82, 2.24) is 4.90 Å². The predicted molar refractivity (Wildman–Crippen MR) is 66.7 cm³/mol. The molecule has 88 valence electrons. The molecule has 2 heterocycles. The second-order valence-corrected chi connectivity index (χ2v) is 5.67. The lowest BCUT2D eigenvalue weighted by Crippen LogP contribution is -2.34. The molecule has 16 heavy (non-hydrogen) atoms. The summed E-state index contributed by atoms with van der Waals surface area (Å²) >= 11 is 1.80. The first-order valence-corrected chi connectivity index (χ1v) is 7.19. The second-order valence-electron chi connectivity index (χ2n) is 4.89. The maximum atomic E-state index is 5.90. The lowest BCUT2D eigenvalue weighted by atomic mass is 10.1. The number of rotatable bonds is 4. The fourth-order valence-electron chi connectivity index (χ4n) is 3.29. The number of fused-ring (bicyclic) bond motifs is 2. The maximum absolute atomic E-state index is 5.90. The Kier molecular flexibility index (Phi) is 3.01. The number of thiophene rings is 1. The SMILES string of the molecule is CCO[C@H]1[C@H]2CC[C@H]1N(Cc1ccsc1)C2. The molecule has 1 aromatic rings. The Balaban J connectivity index is 1.66. The molecule has 1 aliphatic carbocycles. The minimum absolute atomic E-state index is 0.517. The fourth-order valence-corrected chi connectivity index (χ4v) is 3.95. The normalized spacial score (nSPS) is 33.7. The summed E-state index contributed by atoms with van der Waals surface area (Å²) in [4.78, 5) is 2.62. The summed E-state index contributed by atoms with van der Waals surface area (Å²) in [6.45, 7) is 5.34.